The molecule has 0 aromatic heterocycles. The molecule has 0 unspecified atom stereocenters. The van der Waals surface area contributed by atoms with Crippen LogP contribution in [0.2, 0.25) is 18.1 Å². The second-order valence-corrected chi connectivity index (χ2v) is 19.8. The molecule has 0 spiro atoms. The molecule has 0 amide bonds. The van der Waals surface area contributed by atoms with Crippen LogP contribution in [-0.2, 0) is 49.8 Å². The molecule has 0 saturated carbocycles. The summed E-state index contributed by atoms with van der Waals surface area (Å²) >= 11 is 0. The fourth-order valence-electron chi connectivity index (χ4n) is 6.71. The van der Waals surface area contributed by atoms with Crippen LogP contribution in [0.3, 0.4) is 0 Å². The average Bonchev–Trinajstić information content (AvgIpc) is 3.61. The van der Waals surface area contributed by atoms with E-state index in [1.165, 1.54) is 0 Å². The number of benzene rings is 4. The highest BCUT2D eigenvalue weighted by atomic mass is 28.4. The first kappa shape index (κ1) is 35.7. The van der Waals surface area contributed by atoms with Crippen molar-refractivity contribution in [1.29, 1.82) is 0 Å². The molecule has 2 saturated heterocycles. The van der Waals surface area contributed by atoms with E-state index < -0.39 is 8.32 Å². The van der Waals surface area contributed by atoms with Gasteiger partial charge in [-0.1, -0.05) is 142 Å². The summed E-state index contributed by atoms with van der Waals surface area (Å²) in [5.74, 6) is 0. The van der Waals surface area contributed by atoms with Crippen molar-refractivity contribution in [2.45, 2.75) is 102 Å². The zero-order valence-corrected chi connectivity index (χ0v) is 30.7. The molecule has 7 heteroatoms. The Kier molecular flexibility index (Phi) is 11.8. The van der Waals surface area contributed by atoms with Crippen LogP contribution in [0.5, 0.6) is 0 Å². The average molecular weight is 680 g/mol. The Bertz CT molecular complexity index is 1550. The third kappa shape index (κ3) is 8.97. The SMILES string of the molecule is CC(C)(C)[Si](C)(C)OC[C@@H]1[C@@H](OCc2ccccc2)[C@H](OCc2ccccc2)[C@H]2[C@H](OCc3ccccc3)[C@H](OCc3ccccc3)CN21. The molecule has 0 bridgehead atoms. The third-order valence-corrected chi connectivity index (χ3v) is 15.0. The zero-order chi connectivity index (χ0) is 34.3. The van der Waals surface area contributed by atoms with Crippen molar-refractivity contribution in [3.63, 3.8) is 0 Å². The molecular formula is C42H53NO5Si. The number of nitrogens with zero attached hydrogens (tertiary/aromatic N) is 1. The van der Waals surface area contributed by atoms with Gasteiger partial charge in [-0.15, -0.1) is 0 Å². The van der Waals surface area contributed by atoms with Gasteiger partial charge in [0.05, 0.1) is 51.2 Å². The highest BCUT2D eigenvalue weighted by Crippen LogP contribution is 2.42. The van der Waals surface area contributed by atoms with Crippen molar-refractivity contribution >= 4 is 8.32 Å². The summed E-state index contributed by atoms with van der Waals surface area (Å²) in [5.41, 5.74) is 4.56. The summed E-state index contributed by atoms with van der Waals surface area (Å²) in [7, 11) is -2.06. The van der Waals surface area contributed by atoms with Crippen LogP contribution in [0.15, 0.2) is 121 Å². The van der Waals surface area contributed by atoms with Crippen LogP contribution in [-0.4, -0.2) is 62.9 Å². The van der Waals surface area contributed by atoms with Crippen LogP contribution >= 0.6 is 0 Å². The first-order chi connectivity index (χ1) is 23.7. The lowest BCUT2D eigenvalue weighted by molar-refractivity contribution is -0.121. The molecule has 260 valence electrons. The molecule has 2 heterocycles. The molecule has 0 radical (unpaired) electrons. The lowest BCUT2D eigenvalue weighted by Crippen LogP contribution is -2.49. The van der Waals surface area contributed by atoms with E-state index in [1.807, 2.05) is 24.3 Å². The van der Waals surface area contributed by atoms with Gasteiger partial charge in [0.2, 0.25) is 0 Å². The molecule has 6 atom stereocenters. The van der Waals surface area contributed by atoms with E-state index in [0.717, 1.165) is 22.3 Å². The van der Waals surface area contributed by atoms with Crippen LogP contribution in [0.4, 0.5) is 0 Å². The van der Waals surface area contributed by atoms with Gasteiger partial charge in [0, 0.05) is 6.54 Å². The normalized spacial score (nSPS) is 24.3. The molecule has 6 rings (SSSR count). The highest BCUT2D eigenvalue weighted by Gasteiger charge is 2.60. The van der Waals surface area contributed by atoms with Gasteiger partial charge in [0.1, 0.15) is 18.3 Å². The largest absolute Gasteiger partial charge is 0.415 e. The van der Waals surface area contributed by atoms with Crippen molar-refractivity contribution in [2.75, 3.05) is 13.2 Å². The Morgan fingerprint density at radius 2 is 0.939 bits per heavy atom. The van der Waals surface area contributed by atoms with Gasteiger partial charge in [0.15, 0.2) is 8.32 Å². The Labute approximate surface area is 294 Å². The maximum atomic E-state index is 6.99. The van der Waals surface area contributed by atoms with Crippen molar-refractivity contribution < 1.29 is 23.4 Å². The molecule has 4 aromatic rings. The summed E-state index contributed by atoms with van der Waals surface area (Å²) in [6.07, 6.45) is -0.868. The van der Waals surface area contributed by atoms with Gasteiger partial charge >= 0.3 is 0 Å². The number of ether oxygens (including phenoxy) is 4. The number of hydrogen-bond donors (Lipinski definition) is 0. The molecule has 4 aromatic carbocycles. The predicted octanol–water partition coefficient (Wildman–Crippen LogP) is 8.42. The summed E-state index contributed by atoms with van der Waals surface area (Å²) in [6, 6.07) is 41.5. The number of rotatable bonds is 15. The van der Waals surface area contributed by atoms with Gasteiger partial charge < -0.3 is 23.4 Å². The maximum Gasteiger partial charge on any atom is 0.192 e. The van der Waals surface area contributed by atoms with E-state index in [0.29, 0.717) is 39.6 Å². The van der Waals surface area contributed by atoms with E-state index in [9.17, 15) is 0 Å². The minimum absolute atomic E-state index is 0.0308. The van der Waals surface area contributed by atoms with Crippen molar-refractivity contribution in [3.8, 4) is 0 Å². The number of hydrogen-bond acceptors (Lipinski definition) is 6. The predicted molar refractivity (Wildman–Crippen MR) is 198 cm³/mol. The van der Waals surface area contributed by atoms with Crippen molar-refractivity contribution in [1.82, 2.24) is 4.90 Å². The molecule has 0 aliphatic carbocycles. The Balaban J connectivity index is 1.33. The number of fused-ring (bicyclic) bond motifs is 1. The topological polar surface area (TPSA) is 49.4 Å². The monoisotopic (exact) mass is 679 g/mol. The van der Waals surface area contributed by atoms with E-state index >= 15 is 0 Å². The Morgan fingerprint density at radius 3 is 1.37 bits per heavy atom. The Morgan fingerprint density at radius 1 is 0.551 bits per heavy atom. The zero-order valence-electron chi connectivity index (χ0n) is 29.7. The Hall–Kier alpha value is -3.14. The molecule has 0 N–H and O–H groups in total. The summed E-state index contributed by atoms with van der Waals surface area (Å²) in [5, 5.41) is 0.0856. The standard InChI is InChI=1S/C42H53NO5Si/c1-42(2,3)49(4,5)48-31-36-39(45-28-33-20-12-7-13-21-33)41(47-30-35-24-16-9-17-25-35)38-40(46-29-34-22-14-8-15-23-34)37(26-43(36)38)44-27-32-18-10-6-11-19-32/h6-25,36-41H,26-31H2,1-5H3/t36-,37-,38-,39-,40-,41-/m1/s1. The highest BCUT2D eigenvalue weighted by molar-refractivity contribution is 6.74. The lowest BCUT2D eigenvalue weighted by atomic mass is 10.00. The molecule has 6 nitrogen and oxygen atoms in total. The second-order valence-electron chi connectivity index (χ2n) is 14.9. The van der Waals surface area contributed by atoms with Gasteiger partial charge in [-0.05, 0) is 40.4 Å². The smallest absolute Gasteiger partial charge is 0.192 e. The van der Waals surface area contributed by atoms with E-state index in [4.69, 9.17) is 23.4 Å². The van der Waals surface area contributed by atoms with Gasteiger partial charge in [-0.25, -0.2) is 0 Å². The first-order valence-electron chi connectivity index (χ1n) is 17.7. The minimum atomic E-state index is -2.06. The van der Waals surface area contributed by atoms with E-state index in [-0.39, 0.29) is 41.5 Å². The molecular weight excluding hydrogens is 627 g/mol. The fraction of sp³-hybridized carbons (Fsp3) is 0.429. The molecule has 2 aliphatic rings. The molecule has 49 heavy (non-hydrogen) atoms. The van der Waals surface area contributed by atoms with Gasteiger partial charge in [-0.3, -0.25) is 4.90 Å². The van der Waals surface area contributed by atoms with E-state index in [1.54, 1.807) is 0 Å². The van der Waals surface area contributed by atoms with Crippen LogP contribution in [0, 0.1) is 0 Å². The van der Waals surface area contributed by atoms with Crippen LogP contribution < -0.4 is 0 Å². The lowest BCUT2D eigenvalue weighted by Gasteiger charge is -2.38. The summed E-state index contributed by atoms with van der Waals surface area (Å²) < 4.78 is 34.6. The molecule has 2 aliphatic heterocycles. The third-order valence-electron chi connectivity index (χ3n) is 10.5. The fourth-order valence-corrected chi connectivity index (χ4v) is 7.73. The van der Waals surface area contributed by atoms with Crippen molar-refractivity contribution in [2.24, 2.45) is 0 Å². The van der Waals surface area contributed by atoms with Gasteiger partial charge in [-0.2, -0.15) is 0 Å². The quantitative estimate of drug-likeness (QED) is 0.118. The first-order valence-corrected chi connectivity index (χ1v) is 20.6. The summed E-state index contributed by atoms with van der Waals surface area (Å²) in [6.45, 7) is 14.8. The maximum absolute atomic E-state index is 6.99. The van der Waals surface area contributed by atoms with E-state index in [2.05, 4.69) is 136 Å². The van der Waals surface area contributed by atoms with Crippen LogP contribution in [0.25, 0.3) is 0 Å². The van der Waals surface area contributed by atoms with Gasteiger partial charge in [0.25, 0.3) is 0 Å². The van der Waals surface area contributed by atoms with Crippen molar-refractivity contribution in [3.05, 3.63) is 144 Å². The summed E-state index contributed by atoms with van der Waals surface area (Å²) in [4.78, 5) is 2.53. The van der Waals surface area contributed by atoms with Crippen LogP contribution in [0.1, 0.15) is 43.0 Å². The minimum Gasteiger partial charge on any atom is -0.415 e. The second kappa shape index (κ2) is 16.3. The molecule has 2 fully saturated rings.